The quantitative estimate of drug-likeness (QED) is 0.373. The highest BCUT2D eigenvalue weighted by molar-refractivity contribution is 14.0. The fourth-order valence-corrected chi connectivity index (χ4v) is 3.70. The van der Waals surface area contributed by atoms with E-state index in [4.69, 9.17) is 4.42 Å². The van der Waals surface area contributed by atoms with Gasteiger partial charge in [0.2, 0.25) is 5.91 Å². The first-order valence-electron chi connectivity index (χ1n) is 8.64. The molecule has 2 aromatic rings. The number of nitrogens with zero attached hydrogens (tertiary/aromatic N) is 2. The van der Waals surface area contributed by atoms with E-state index in [2.05, 4.69) is 27.1 Å². The van der Waals surface area contributed by atoms with E-state index in [1.54, 1.807) is 17.6 Å². The first-order chi connectivity index (χ1) is 12.3. The third-order valence-corrected chi connectivity index (χ3v) is 5.13. The summed E-state index contributed by atoms with van der Waals surface area (Å²) in [4.78, 5) is 20.3. The lowest BCUT2D eigenvalue weighted by atomic mass is 10.1. The lowest BCUT2D eigenvalue weighted by molar-refractivity contribution is -0.131. The number of thiophene rings is 1. The van der Waals surface area contributed by atoms with Gasteiger partial charge in [-0.3, -0.25) is 4.79 Å². The van der Waals surface area contributed by atoms with E-state index in [0.717, 1.165) is 31.8 Å². The number of nitrogens with one attached hydrogen (secondary N) is 2. The van der Waals surface area contributed by atoms with E-state index in [-0.39, 0.29) is 29.9 Å². The largest absolute Gasteiger partial charge is 0.467 e. The number of carbonyl (C=O) groups excluding carboxylic acids is 1. The molecule has 0 aliphatic carbocycles. The van der Waals surface area contributed by atoms with Crippen molar-refractivity contribution in [2.45, 2.75) is 32.9 Å². The lowest BCUT2D eigenvalue weighted by Crippen LogP contribution is -2.41. The van der Waals surface area contributed by atoms with Crippen LogP contribution in [0.25, 0.3) is 0 Å². The summed E-state index contributed by atoms with van der Waals surface area (Å²) in [5.41, 5.74) is 1.30. The van der Waals surface area contributed by atoms with E-state index in [0.29, 0.717) is 25.5 Å². The molecular formula is C18H25IN4O2S. The fourth-order valence-electron chi connectivity index (χ4n) is 2.81. The van der Waals surface area contributed by atoms with Gasteiger partial charge >= 0.3 is 0 Å². The maximum absolute atomic E-state index is 12.4. The number of rotatable bonds is 6. The Balaban J connectivity index is 0.00000243. The van der Waals surface area contributed by atoms with Crippen LogP contribution in [0.15, 0.2) is 39.3 Å². The predicted molar refractivity (Wildman–Crippen MR) is 115 cm³/mol. The van der Waals surface area contributed by atoms with Crippen molar-refractivity contribution < 1.29 is 9.21 Å². The molecule has 1 amide bonds. The van der Waals surface area contributed by atoms with Crippen LogP contribution in [0, 0.1) is 0 Å². The molecule has 0 bridgehead atoms. The molecule has 2 N–H and O–H groups in total. The zero-order valence-corrected chi connectivity index (χ0v) is 18.0. The van der Waals surface area contributed by atoms with Gasteiger partial charge in [-0.2, -0.15) is 0 Å². The van der Waals surface area contributed by atoms with Crippen molar-refractivity contribution in [3.8, 4) is 0 Å². The van der Waals surface area contributed by atoms with Crippen molar-refractivity contribution in [1.29, 1.82) is 0 Å². The van der Waals surface area contributed by atoms with E-state index in [9.17, 15) is 4.79 Å². The van der Waals surface area contributed by atoms with Crippen molar-refractivity contribution in [2.24, 2.45) is 4.99 Å². The van der Waals surface area contributed by atoms with Gasteiger partial charge in [-0.25, -0.2) is 4.99 Å². The molecule has 0 unspecified atom stereocenters. The van der Waals surface area contributed by atoms with Gasteiger partial charge in [-0.15, -0.1) is 35.3 Å². The van der Waals surface area contributed by atoms with Crippen molar-refractivity contribution in [3.05, 3.63) is 46.0 Å². The summed E-state index contributed by atoms with van der Waals surface area (Å²) in [7, 11) is 0. The summed E-state index contributed by atoms with van der Waals surface area (Å²) < 4.78 is 5.28. The number of halogens is 1. The summed E-state index contributed by atoms with van der Waals surface area (Å²) in [6.07, 6.45) is 3.07. The molecule has 3 rings (SSSR count). The summed E-state index contributed by atoms with van der Waals surface area (Å²) in [5, 5.41) is 8.51. The zero-order valence-electron chi connectivity index (χ0n) is 14.9. The Morgan fingerprint density at radius 1 is 1.38 bits per heavy atom. The SMILES string of the molecule is CCNC(=NCc1ccco1)NCCC(=O)N1CCc2sccc2C1.I. The first-order valence-corrected chi connectivity index (χ1v) is 9.52. The molecule has 1 aliphatic heterocycles. The van der Waals surface area contributed by atoms with Crippen LogP contribution in [0.2, 0.25) is 0 Å². The molecule has 0 saturated carbocycles. The third-order valence-electron chi connectivity index (χ3n) is 4.11. The molecule has 0 atom stereocenters. The van der Waals surface area contributed by atoms with Crippen LogP contribution in [-0.2, 0) is 24.3 Å². The Morgan fingerprint density at radius 2 is 2.27 bits per heavy atom. The zero-order chi connectivity index (χ0) is 17.5. The smallest absolute Gasteiger partial charge is 0.224 e. The van der Waals surface area contributed by atoms with Gasteiger partial charge in [-0.05, 0) is 42.5 Å². The van der Waals surface area contributed by atoms with Crippen molar-refractivity contribution in [1.82, 2.24) is 15.5 Å². The van der Waals surface area contributed by atoms with Crippen LogP contribution >= 0.6 is 35.3 Å². The van der Waals surface area contributed by atoms with Crippen molar-refractivity contribution in [3.63, 3.8) is 0 Å². The Bertz CT molecular complexity index is 715. The lowest BCUT2D eigenvalue weighted by Gasteiger charge is -2.27. The predicted octanol–water partition coefficient (Wildman–Crippen LogP) is 2.99. The highest BCUT2D eigenvalue weighted by atomic mass is 127. The van der Waals surface area contributed by atoms with E-state index >= 15 is 0 Å². The monoisotopic (exact) mass is 488 g/mol. The molecular weight excluding hydrogens is 463 g/mol. The van der Waals surface area contributed by atoms with Gasteiger partial charge < -0.3 is 20.0 Å². The standard InChI is InChI=1S/C18H24N4O2S.HI/c1-2-19-18(21-12-15-4-3-10-24-15)20-8-5-17(23)22-9-6-16-14(13-22)7-11-25-16;/h3-4,7,10-11H,2,5-6,8-9,12-13H2,1H3,(H2,19,20,21);1H. The van der Waals surface area contributed by atoms with Gasteiger partial charge in [0.25, 0.3) is 0 Å². The van der Waals surface area contributed by atoms with Crippen molar-refractivity contribution in [2.75, 3.05) is 19.6 Å². The minimum atomic E-state index is 0. The van der Waals surface area contributed by atoms with Crippen LogP contribution in [0.4, 0.5) is 0 Å². The minimum Gasteiger partial charge on any atom is -0.467 e. The molecule has 6 nitrogen and oxygen atoms in total. The Morgan fingerprint density at radius 3 is 3.04 bits per heavy atom. The molecule has 1 aliphatic rings. The highest BCUT2D eigenvalue weighted by Crippen LogP contribution is 2.24. The molecule has 3 heterocycles. The van der Waals surface area contributed by atoms with Crippen molar-refractivity contribution >= 4 is 47.2 Å². The van der Waals surface area contributed by atoms with Gasteiger partial charge in [0.15, 0.2) is 5.96 Å². The number of fused-ring (bicyclic) bond motifs is 1. The second kappa shape index (κ2) is 10.6. The second-order valence-electron chi connectivity index (χ2n) is 5.89. The topological polar surface area (TPSA) is 69.9 Å². The number of amides is 1. The van der Waals surface area contributed by atoms with Gasteiger partial charge in [0.05, 0.1) is 6.26 Å². The number of carbonyl (C=O) groups is 1. The molecule has 0 fully saturated rings. The average Bonchev–Trinajstić information content (AvgIpc) is 3.30. The van der Waals surface area contributed by atoms with Crippen LogP contribution in [-0.4, -0.2) is 36.4 Å². The normalized spacial score (nSPS) is 13.7. The number of hydrogen-bond acceptors (Lipinski definition) is 4. The molecule has 0 aromatic carbocycles. The maximum Gasteiger partial charge on any atom is 0.224 e. The van der Waals surface area contributed by atoms with Gasteiger partial charge in [0.1, 0.15) is 12.3 Å². The summed E-state index contributed by atoms with van der Waals surface area (Å²) in [6, 6.07) is 5.87. The summed E-state index contributed by atoms with van der Waals surface area (Å²) in [5.74, 6) is 1.70. The first kappa shape index (κ1) is 20.8. The maximum atomic E-state index is 12.4. The average molecular weight is 488 g/mol. The highest BCUT2D eigenvalue weighted by Gasteiger charge is 2.20. The van der Waals surface area contributed by atoms with Crippen LogP contribution in [0.5, 0.6) is 0 Å². The number of hydrogen-bond donors (Lipinski definition) is 2. The number of furan rings is 1. The molecule has 0 spiro atoms. The molecule has 26 heavy (non-hydrogen) atoms. The van der Waals surface area contributed by atoms with E-state index in [1.807, 2.05) is 24.0 Å². The Kier molecular flexibility index (Phi) is 8.43. The van der Waals surface area contributed by atoms with E-state index < -0.39 is 0 Å². The fraction of sp³-hybridized carbons (Fsp3) is 0.444. The van der Waals surface area contributed by atoms with Crippen LogP contribution < -0.4 is 10.6 Å². The minimum absolute atomic E-state index is 0. The van der Waals surface area contributed by atoms with Crippen LogP contribution in [0.3, 0.4) is 0 Å². The number of guanidine groups is 1. The third kappa shape index (κ3) is 5.73. The van der Waals surface area contributed by atoms with E-state index in [1.165, 1.54) is 10.4 Å². The Labute approximate surface area is 175 Å². The second-order valence-corrected chi connectivity index (χ2v) is 6.89. The number of aliphatic imine (C=N–C) groups is 1. The molecule has 142 valence electrons. The van der Waals surface area contributed by atoms with Gasteiger partial charge in [-0.1, -0.05) is 0 Å². The molecule has 2 aromatic heterocycles. The molecule has 0 radical (unpaired) electrons. The molecule has 8 heteroatoms. The Hall–Kier alpha value is -1.55. The summed E-state index contributed by atoms with van der Waals surface area (Å²) >= 11 is 1.79. The summed E-state index contributed by atoms with van der Waals surface area (Å²) in [6.45, 7) is 5.38. The van der Waals surface area contributed by atoms with Gasteiger partial charge in [0, 0.05) is 37.5 Å². The van der Waals surface area contributed by atoms with Crippen LogP contribution in [0.1, 0.15) is 29.5 Å². The molecule has 0 saturated heterocycles.